The van der Waals surface area contributed by atoms with Gasteiger partial charge in [-0.3, -0.25) is 9.59 Å². The molecule has 26 heavy (non-hydrogen) atoms. The van der Waals surface area contributed by atoms with E-state index in [1.54, 1.807) is 20.3 Å². The van der Waals surface area contributed by atoms with Crippen LogP contribution >= 0.6 is 0 Å². The predicted molar refractivity (Wildman–Crippen MR) is 106 cm³/mol. The first-order valence-electron chi connectivity index (χ1n) is 8.49. The van der Waals surface area contributed by atoms with Crippen LogP contribution in [0.5, 0.6) is 17.2 Å². The van der Waals surface area contributed by atoms with Crippen molar-refractivity contribution in [2.24, 2.45) is 0 Å². The number of Topliss-reactive ketones (excluding diaryl/α,β-unsaturated/α-hetero) is 1. The molecule has 0 aliphatic heterocycles. The molecular weight excluding hydrogens is 348 g/mol. The molecule has 0 bridgehead atoms. The second-order valence-corrected chi connectivity index (χ2v) is 9.36. The van der Waals surface area contributed by atoms with Crippen molar-refractivity contribution in [3.8, 4) is 17.2 Å². The van der Waals surface area contributed by atoms with Gasteiger partial charge in [0.1, 0.15) is 11.5 Å². The van der Waals surface area contributed by atoms with Crippen LogP contribution in [-0.2, 0) is 15.0 Å². The highest BCUT2D eigenvalue weighted by molar-refractivity contribution is 6.49. The van der Waals surface area contributed by atoms with E-state index < -0.39 is 9.04 Å². The molecule has 0 unspecified atom stereocenters. The number of allylic oxidation sites excluding steroid dienone is 1. The fourth-order valence-electron chi connectivity index (χ4n) is 2.62. The van der Waals surface area contributed by atoms with Crippen molar-refractivity contribution < 1.29 is 23.5 Å². The van der Waals surface area contributed by atoms with Gasteiger partial charge < -0.3 is 13.9 Å². The molecule has 0 atom stereocenters. The quantitative estimate of drug-likeness (QED) is 0.386. The summed E-state index contributed by atoms with van der Waals surface area (Å²) in [6.07, 6.45) is 2.94. The van der Waals surface area contributed by atoms with Gasteiger partial charge in [-0.2, -0.15) is 0 Å². The van der Waals surface area contributed by atoms with Crippen LogP contribution in [0.2, 0.25) is 13.1 Å². The Bertz CT molecular complexity index is 699. The Morgan fingerprint density at radius 1 is 1.12 bits per heavy atom. The topological polar surface area (TPSA) is 61.8 Å². The minimum absolute atomic E-state index is 0.113. The summed E-state index contributed by atoms with van der Waals surface area (Å²) in [7, 11) is 2.13. The summed E-state index contributed by atoms with van der Waals surface area (Å²) in [5.74, 6) is 1.47. The number of carbonyl (C=O) groups is 2. The van der Waals surface area contributed by atoms with E-state index in [0.29, 0.717) is 22.8 Å². The number of hydrogen-bond acceptors (Lipinski definition) is 5. The molecule has 143 valence electrons. The smallest absolute Gasteiger partial charge is 0.274 e. The van der Waals surface area contributed by atoms with E-state index in [1.165, 1.54) is 13.0 Å². The van der Waals surface area contributed by atoms with Gasteiger partial charge >= 0.3 is 0 Å². The van der Waals surface area contributed by atoms with Crippen LogP contribution in [0.1, 0.15) is 45.2 Å². The van der Waals surface area contributed by atoms with Crippen molar-refractivity contribution in [3.05, 3.63) is 23.3 Å². The molecule has 0 saturated heterocycles. The minimum atomic E-state index is -1.07. The number of ketones is 2. The highest BCUT2D eigenvalue weighted by Crippen LogP contribution is 2.47. The molecule has 0 N–H and O–H groups in total. The van der Waals surface area contributed by atoms with Crippen molar-refractivity contribution in [3.63, 3.8) is 0 Å². The fourth-order valence-corrected chi connectivity index (χ4v) is 3.24. The minimum Gasteiger partial charge on any atom is -0.540 e. The van der Waals surface area contributed by atoms with E-state index in [2.05, 4.69) is 20.8 Å². The molecule has 0 aromatic heterocycles. The number of ether oxygens (including phenoxy) is 2. The van der Waals surface area contributed by atoms with E-state index in [-0.39, 0.29) is 23.4 Å². The average Bonchev–Trinajstić information content (AvgIpc) is 2.50. The first-order valence-corrected chi connectivity index (χ1v) is 10.9. The van der Waals surface area contributed by atoms with Crippen LogP contribution in [0.15, 0.2) is 12.1 Å². The molecule has 1 aromatic rings. The standard InChI is InChI=1S/C20H29O5Si/c1-13(21)11-15(22)10-9-14-12-16(23-5)17(20(2,3)4)19(24-6)18(14)25-26(7)8/h9-10,12H,11H2,1-8H3. The van der Waals surface area contributed by atoms with Crippen LogP contribution < -0.4 is 13.9 Å². The van der Waals surface area contributed by atoms with E-state index >= 15 is 0 Å². The van der Waals surface area contributed by atoms with Crippen molar-refractivity contribution in [2.45, 2.75) is 52.6 Å². The van der Waals surface area contributed by atoms with Gasteiger partial charge in [-0.05, 0) is 43.7 Å². The van der Waals surface area contributed by atoms with Crippen molar-refractivity contribution >= 4 is 26.7 Å². The molecule has 5 nitrogen and oxygen atoms in total. The molecule has 0 amide bonds. The van der Waals surface area contributed by atoms with Gasteiger partial charge in [0.25, 0.3) is 9.04 Å². The summed E-state index contributed by atoms with van der Waals surface area (Å²) in [4.78, 5) is 23.0. The zero-order valence-corrected chi connectivity index (χ0v) is 18.0. The normalized spacial score (nSPS) is 11.7. The molecule has 0 spiro atoms. The van der Waals surface area contributed by atoms with Gasteiger partial charge in [0.05, 0.1) is 20.6 Å². The third-order valence-electron chi connectivity index (χ3n) is 3.58. The number of hydrogen-bond donors (Lipinski definition) is 0. The Labute approximate surface area is 158 Å². The third-order valence-corrected chi connectivity index (χ3v) is 4.19. The zero-order chi connectivity index (χ0) is 20.1. The Morgan fingerprint density at radius 2 is 1.73 bits per heavy atom. The monoisotopic (exact) mass is 377 g/mol. The van der Waals surface area contributed by atoms with E-state index in [1.807, 2.05) is 19.2 Å². The van der Waals surface area contributed by atoms with Crippen molar-refractivity contribution in [1.29, 1.82) is 0 Å². The highest BCUT2D eigenvalue weighted by Gasteiger charge is 2.29. The van der Waals surface area contributed by atoms with Crippen molar-refractivity contribution in [1.82, 2.24) is 0 Å². The lowest BCUT2D eigenvalue weighted by Gasteiger charge is -2.28. The molecule has 1 aromatic carbocycles. The summed E-state index contributed by atoms with van der Waals surface area (Å²) in [6, 6.07) is 1.85. The van der Waals surface area contributed by atoms with Gasteiger partial charge in [0, 0.05) is 11.1 Å². The SMILES string of the molecule is COc1cc(C=CC(=O)CC(C)=O)c(O[Si](C)C)c(OC)c1C(C)(C)C. The molecule has 0 fully saturated rings. The molecule has 0 aliphatic carbocycles. The summed E-state index contributed by atoms with van der Waals surface area (Å²) in [5.41, 5.74) is 1.37. The second kappa shape index (κ2) is 9.03. The van der Waals surface area contributed by atoms with Crippen LogP contribution in [-0.4, -0.2) is 34.8 Å². The lowest BCUT2D eigenvalue weighted by molar-refractivity contribution is -0.123. The van der Waals surface area contributed by atoms with Crippen LogP contribution in [0.4, 0.5) is 0 Å². The van der Waals surface area contributed by atoms with Crippen LogP contribution in [0.25, 0.3) is 6.08 Å². The maximum Gasteiger partial charge on any atom is 0.274 e. The molecule has 1 rings (SSSR count). The highest BCUT2D eigenvalue weighted by atomic mass is 28.3. The number of rotatable bonds is 8. The average molecular weight is 378 g/mol. The summed E-state index contributed by atoms with van der Waals surface area (Å²) in [5, 5.41) is 0. The first-order chi connectivity index (χ1) is 12.0. The van der Waals surface area contributed by atoms with E-state index in [0.717, 1.165) is 5.56 Å². The van der Waals surface area contributed by atoms with Gasteiger partial charge in [-0.25, -0.2) is 0 Å². The second-order valence-electron chi connectivity index (χ2n) is 7.34. The molecule has 0 heterocycles. The maximum atomic E-state index is 11.9. The Morgan fingerprint density at radius 3 is 2.15 bits per heavy atom. The summed E-state index contributed by atoms with van der Waals surface area (Å²) in [6.45, 7) is 11.7. The molecule has 6 heteroatoms. The zero-order valence-electron chi connectivity index (χ0n) is 17.0. The number of benzene rings is 1. The Kier molecular flexibility index (Phi) is 7.63. The summed E-state index contributed by atoms with van der Waals surface area (Å²) >= 11 is 0. The van der Waals surface area contributed by atoms with Crippen LogP contribution in [0, 0.1) is 0 Å². The predicted octanol–water partition coefficient (Wildman–Crippen LogP) is 4.19. The van der Waals surface area contributed by atoms with Crippen LogP contribution in [0.3, 0.4) is 0 Å². The third kappa shape index (κ3) is 5.73. The lowest BCUT2D eigenvalue weighted by Crippen LogP contribution is -2.18. The van der Waals surface area contributed by atoms with Gasteiger partial charge in [0.2, 0.25) is 0 Å². The summed E-state index contributed by atoms with van der Waals surface area (Å²) < 4.78 is 17.4. The van der Waals surface area contributed by atoms with E-state index in [4.69, 9.17) is 13.9 Å². The lowest BCUT2D eigenvalue weighted by atomic mass is 9.84. The Balaban J connectivity index is 3.60. The molecule has 0 saturated carbocycles. The molecule has 1 radical (unpaired) electrons. The number of methoxy groups -OCH3 is 2. The molecule has 0 aliphatic rings. The van der Waals surface area contributed by atoms with Crippen molar-refractivity contribution in [2.75, 3.05) is 14.2 Å². The molecular formula is C20H29O5Si. The van der Waals surface area contributed by atoms with Gasteiger partial charge in [-0.15, -0.1) is 0 Å². The van der Waals surface area contributed by atoms with Gasteiger partial charge in [0.15, 0.2) is 17.3 Å². The first kappa shape index (κ1) is 22.0. The van der Waals surface area contributed by atoms with Gasteiger partial charge in [-0.1, -0.05) is 20.8 Å². The number of carbonyl (C=O) groups excluding carboxylic acids is 2. The Hall–Kier alpha value is -2.08. The van der Waals surface area contributed by atoms with E-state index in [9.17, 15) is 9.59 Å². The fraction of sp³-hybridized carbons (Fsp3) is 0.500. The maximum absolute atomic E-state index is 11.9. The largest absolute Gasteiger partial charge is 0.540 e.